The second-order valence-electron chi connectivity index (χ2n) is 10.4. The van der Waals surface area contributed by atoms with Crippen LogP contribution in [0.1, 0.15) is 41.3 Å². The van der Waals surface area contributed by atoms with E-state index in [4.69, 9.17) is 23.2 Å². The highest BCUT2D eigenvalue weighted by Crippen LogP contribution is 2.32. The van der Waals surface area contributed by atoms with Crippen LogP contribution >= 0.6 is 23.2 Å². The molecule has 0 bridgehead atoms. The van der Waals surface area contributed by atoms with Crippen molar-refractivity contribution in [3.63, 3.8) is 0 Å². The van der Waals surface area contributed by atoms with Crippen LogP contribution < -0.4 is 5.32 Å². The maximum atomic E-state index is 13.1. The molecule has 5 rings (SSSR count). The number of likely N-dealkylation sites (N-methyl/N-ethyl adjacent to an activating group) is 1. The summed E-state index contributed by atoms with van der Waals surface area (Å²) in [7, 11) is 1.80. The molecule has 0 unspecified atom stereocenters. The fourth-order valence-electron chi connectivity index (χ4n) is 5.56. The molecule has 9 heteroatoms. The van der Waals surface area contributed by atoms with E-state index in [0.29, 0.717) is 52.9 Å². The molecule has 2 amide bonds. The van der Waals surface area contributed by atoms with E-state index < -0.39 is 5.60 Å². The van der Waals surface area contributed by atoms with Crippen molar-refractivity contribution in [2.75, 3.05) is 45.1 Å². The van der Waals surface area contributed by atoms with E-state index in [1.54, 1.807) is 48.0 Å². The minimum atomic E-state index is -1.60. The molecule has 192 valence electrons. The van der Waals surface area contributed by atoms with Gasteiger partial charge in [0, 0.05) is 56.5 Å². The molecule has 2 fully saturated rings. The molecule has 0 aromatic heterocycles. The van der Waals surface area contributed by atoms with E-state index in [1.807, 2.05) is 6.07 Å². The SMILES string of the molecule is CN1CCc2cc(NC3CN(C4CCN(C(=O)[C@@](C)(O)c5cccc(Cl)c5)CC4)C3)cc(Cl)c2C1=O. The molecule has 3 heterocycles. The predicted octanol–water partition coefficient (Wildman–Crippen LogP) is 3.62. The first kappa shape index (κ1) is 25.3. The lowest BCUT2D eigenvalue weighted by molar-refractivity contribution is -0.152. The van der Waals surface area contributed by atoms with Crippen LogP contribution in [0.4, 0.5) is 5.69 Å². The summed E-state index contributed by atoms with van der Waals surface area (Å²) in [5.74, 6) is -0.290. The summed E-state index contributed by atoms with van der Waals surface area (Å²) >= 11 is 12.5. The van der Waals surface area contributed by atoms with Crippen LogP contribution in [0, 0.1) is 0 Å². The van der Waals surface area contributed by atoms with Gasteiger partial charge in [-0.1, -0.05) is 35.3 Å². The first-order chi connectivity index (χ1) is 17.1. The lowest BCUT2D eigenvalue weighted by Gasteiger charge is -2.48. The normalized spacial score (nSPS) is 21.1. The lowest BCUT2D eigenvalue weighted by atomic mass is 9.92. The van der Waals surface area contributed by atoms with Crippen LogP contribution in [0.2, 0.25) is 10.0 Å². The topological polar surface area (TPSA) is 76.1 Å². The summed E-state index contributed by atoms with van der Waals surface area (Å²) in [5, 5.41) is 15.5. The number of hydrogen-bond acceptors (Lipinski definition) is 5. The van der Waals surface area contributed by atoms with E-state index in [9.17, 15) is 14.7 Å². The number of halogens is 2. The molecule has 0 aliphatic carbocycles. The van der Waals surface area contributed by atoms with E-state index in [0.717, 1.165) is 43.6 Å². The second-order valence-corrected chi connectivity index (χ2v) is 11.2. The zero-order valence-electron chi connectivity index (χ0n) is 20.6. The number of aliphatic hydroxyl groups is 1. The number of piperidine rings is 1. The smallest absolute Gasteiger partial charge is 0.258 e. The van der Waals surface area contributed by atoms with Crippen molar-refractivity contribution in [1.29, 1.82) is 0 Å². The first-order valence-electron chi connectivity index (χ1n) is 12.5. The molecule has 36 heavy (non-hydrogen) atoms. The highest BCUT2D eigenvalue weighted by Gasteiger charge is 2.40. The molecular formula is C27H32Cl2N4O3. The number of likely N-dealkylation sites (tertiary alicyclic amines) is 2. The molecule has 2 aromatic rings. The number of benzene rings is 2. The minimum Gasteiger partial charge on any atom is -0.380 e. The first-order valence-corrected chi connectivity index (χ1v) is 13.3. The van der Waals surface area contributed by atoms with Crippen LogP contribution in [0.3, 0.4) is 0 Å². The quantitative estimate of drug-likeness (QED) is 0.617. The van der Waals surface area contributed by atoms with E-state index in [2.05, 4.69) is 16.3 Å². The zero-order chi connectivity index (χ0) is 25.6. The van der Waals surface area contributed by atoms with Gasteiger partial charge in [-0.3, -0.25) is 14.5 Å². The lowest BCUT2D eigenvalue weighted by Crippen LogP contribution is -2.61. The number of anilines is 1. The van der Waals surface area contributed by atoms with Crippen LogP contribution in [-0.2, 0) is 16.8 Å². The van der Waals surface area contributed by atoms with Crippen LogP contribution in [-0.4, -0.2) is 83.5 Å². The van der Waals surface area contributed by atoms with Crippen molar-refractivity contribution >= 4 is 40.7 Å². The molecule has 7 nitrogen and oxygen atoms in total. The molecule has 2 N–H and O–H groups in total. The standard InChI is InChI=1S/C27H32Cl2N4O3/c1-27(36,18-4-3-5-19(28)13-18)26(35)32-10-7-22(8-11-32)33-15-21(16-33)30-20-12-17-6-9-31(2)25(34)24(17)23(29)14-20/h3-5,12-14,21-22,30,36H,6-11,15-16H2,1-2H3/t27-/m0/s1. The third-order valence-corrected chi connectivity index (χ3v) is 8.33. The van der Waals surface area contributed by atoms with Crippen molar-refractivity contribution in [1.82, 2.24) is 14.7 Å². The maximum absolute atomic E-state index is 13.1. The third-order valence-electron chi connectivity index (χ3n) is 7.80. The highest BCUT2D eigenvalue weighted by molar-refractivity contribution is 6.34. The summed E-state index contributed by atoms with van der Waals surface area (Å²) in [4.78, 5) is 31.4. The summed E-state index contributed by atoms with van der Waals surface area (Å²) < 4.78 is 0. The number of rotatable bonds is 5. The third kappa shape index (κ3) is 4.82. The van der Waals surface area contributed by atoms with Crippen LogP contribution in [0.15, 0.2) is 36.4 Å². The fourth-order valence-corrected chi connectivity index (χ4v) is 6.07. The van der Waals surface area contributed by atoms with Gasteiger partial charge in [-0.15, -0.1) is 0 Å². The average molecular weight is 531 g/mol. The number of carbonyl (C=O) groups excluding carboxylic acids is 2. The summed E-state index contributed by atoms with van der Waals surface area (Å²) in [6.45, 7) is 5.35. The van der Waals surface area contributed by atoms with Crippen molar-refractivity contribution in [2.24, 2.45) is 0 Å². The van der Waals surface area contributed by atoms with Crippen molar-refractivity contribution < 1.29 is 14.7 Å². The monoisotopic (exact) mass is 530 g/mol. The number of nitrogens with zero attached hydrogens (tertiary/aromatic N) is 3. The van der Waals surface area contributed by atoms with Crippen LogP contribution in [0.5, 0.6) is 0 Å². The van der Waals surface area contributed by atoms with Gasteiger partial charge in [0.15, 0.2) is 5.60 Å². The summed E-state index contributed by atoms with van der Waals surface area (Å²) in [5.41, 5.74) is 1.51. The summed E-state index contributed by atoms with van der Waals surface area (Å²) in [6.07, 6.45) is 2.57. The molecule has 0 saturated carbocycles. The average Bonchev–Trinajstić information content (AvgIpc) is 2.83. The van der Waals surface area contributed by atoms with Crippen molar-refractivity contribution in [3.05, 3.63) is 63.1 Å². The van der Waals surface area contributed by atoms with Gasteiger partial charge in [0.2, 0.25) is 0 Å². The Kier molecular flexibility index (Phi) is 6.94. The molecule has 1 atom stereocenters. The number of hydrogen-bond donors (Lipinski definition) is 2. The Morgan fingerprint density at radius 1 is 1.11 bits per heavy atom. The van der Waals surface area contributed by atoms with Crippen molar-refractivity contribution in [3.8, 4) is 0 Å². The van der Waals surface area contributed by atoms with Gasteiger partial charge in [-0.2, -0.15) is 0 Å². The van der Waals surface area contributed by atoms with Gasteiger partial charge in [0.25, 0.3) is 11.8 Å². The Hall–Kier alpha value is -2.32. The van der Waals surface area contributed by atoms with Gasteiger partial charge < -0.3 is 20.2 Å². The zero-order valence-corrected chi connectivity index (χ0v) is 22.1. The Balaban J connectivity index is 1.12. The summed E-state index contributed by atoms with van der Waals surface area (Å²) in [6, 6.07) is 11.5. The maximum Gasteiger partial charge on any atom is 0.258 e. The van der Waals surface area contributed by atoms with Gasteiger partial charge in [0.05, 0.1) is 16.6 Å². The Bertz CT molecular complexity index is 1170. The number of amides is 2. The number of fused-ring (bicyclic) bond motifs is 1. The van der Waals surface area contributed by atoms with E-state index >= 15 is 0 Å². The second kappa shape index (κ2) is 9.86. The Labute approximate surface area is 221 Å². The van der Waals surface area contributed by atoms with E-state index in [1.165, 1.54) is 0 Å². The van der Waals surface area contributed by atoms with Crippen LogP contribution in [0.25, 0.3) is 0 Å². The fraction of sp³-hybridized carbons (Fsp3) is 0.481. The Morgan fingerprint density at radius 3 is 2.53 bits per heavy atom. The van der Waals surface area contributed by atoms with Gasteiger partial charge in [-0.05, 0) is 61.6 Å². The number of nitrogens with one attached hydrogen (secondary N) is 1. The Morgan fingerprint density at radius 2 is 1.83 bits per heavy atom. The van der Waals surface area contributed by atoms with Crippen molar-refractivity contribution in [2.45, 2.75) is 43.9 Å². The van der Waals surface area contributed by atoms with Gasteiger partial charge in [-0.25, -0.2) is 0 Å². The minimum absolute atomic E-state index is 0.0125. The number of carbonyl (C=O) groups is 2. The molecule has 3 aliphatic rings. The largest absolute Gasteiger partial charge is 0.380 e. The predicted molar refractivity (Wildman–Crippen MR) is 142 cm³/mol. The van der Waals surface area contributed by atoms with Gasteiger partial charge >= 0.3 is 0 Å². The van der Waals surface area contributed by atoms with Gasteiger partial charge in [0.1, 0.15) is 0 Å². The molecular weight excluding hydrogens is 499 g/mol. The highest BCUT2D eigenvalue weighted by atomic mass is 35.5. The molecule has 0 spiro atoms. The molecule has 2 saturated heterocycles. The molecule has 2 aromatic carbocycles. The molecule has 3 aliphatic heterocycles. The van der Waals surface area contributed by atoms with E-state index in [-0.39, 0.29) is 11.8 Å². The molecule has 0 radical (unpaired) electrons.